The van der Waals surface area contributed by atoms with E-state index in [1.54, 1.807) is 6.92 Å². The van der Waals surface area contributed by atoms with Crippen molar-refractivity contribution < 1.29 is 13.9 Å². The van der Waals surface area contributed by atoms with Crippen LogP contribution in [0.3, 0.4) is 0 Å². The van der Waals surface area contributed by atoms with Gasteiger partial charge in [-0.3, -0.25) is 4.39 Å². The number of carbonyl (C=O) groups excluding carboxylic acids is 1. The maximum Gasteiger partial charge on any atom is 0.129 e. The van der Waals surface area contributed by atoms with Crippen LogP contribution in [-0.2, 0) is 11.2 Å². The van der Waals surface area contributed by atoms with Gasteiger partial charge in [0.2, 0.25) is 0 Å². The van der Waals surface area contributed by atoms with E-state index in [0.717, 1.165) is 31.4 Å². The van der Waals surface area contributed by atoms with Crippen molar-refractivity contribution in [3.63, 3.8) is 0 Å². The molecule has 0 unspecified atom stereocenters. The van der Waals surface area contributed by atoms with Crippen LogP contribution in [0.15, 0.2) is 24.3 Å². The van der Waals surface area contributed by atoms with Crippen LogP contribution in [0.2, 0.25) is 0 Å². The highest BCUT2D eigenvalue weighted by Crippen LogP contribution is 2.15. The average molecular weight is 424 g/mol. The van der Waals surface area contributed by atoms with Crippen molar-refractivity contribution in [3.8, 4) is 5.75 Å². The van der Waals surface area contributed by atoms with Crippen LogP contribution in [0.4, 0.5) is 4.39 Å². The van der Waals surface area contributed by atoms with E-state index in [0.29, 0.717) is 18.8 Å². The van der Waals surface area contributed by atoms with Gasteiger partial charge in [0.25, 0.3) is 0 Å². The molecule has 0 bridgehead atoms. The standard InChI is InChI=1S/C17H26FNO.C7H14O.C2H6/c18-11-1-4-15-20-17-9-7-16(8-10-17)6-5-14-19-12-2-3-13-19;1-3-4-5-6-7(2)8;1-2/h7-10H,1-6,11-15H2;3-6H2,1-2H3;1-2H3. The number of aryl methyl sites for hydroxylation is 1. The highest BCUT2D eigenvalue weighted by atomic mass is 19.1. The topological polar surface area (TPSA) is 29.5 Å². The molecule has 0 saturated carbocycles. The second-order valence-corrected chi connectivity index (χ2v) is 7.70. The maximum atomic E-state index is 11.9. The molecule has 1 heterocycles. The Kier molecular flexibility index (Phi) is 19.9. The summed E-state index contributed by atoms with van der Waals surface area (Å²) in [6.45, 7) is 11.9. The van der Waals surface area contributed by atoms with Gasteiger partial charge in [0.15, 0.2) is 0 Å². The van der Waals surface area contributed by atoms with Gasteiger partial charge in [-0.15, -0.1) is 0 Å². The summed E-state index contributed by atoms with van der Waals surface area (Å²) in [6.07, 6.45) is 10.7. The summed E-state index contributed by atoms with van der Waals surface area (Å²) in [5.74, 6) is 1.21. The maximum absolute atomic E-state index is 11.9. The molecule has 174 valence electrons. The molecule has 2 rings (SSSR count). The zero-order valence-electron chi connectivity index (χ0n) is 20.1. The molecule has 0 aliphatic carbocycles. The second kappa shape index (κ2) is 20.8. The largest absolute Gasteiger partial charge is 0.494 e. The molecule has 0 N–H and O–H groups in total. The summed E-state index contributed by atoms with van der Waals surface area (Å²) in [6, 6.07) is 8.35. The number of ether oxygens (including phenoxy) is 1. The first kappa shape index (κ1) is 28.6. The van der Waals surface area contributed by atoms with E-state index in [1.165, 1.54) is 57.3 Å². The van der Waals surface area contributed by atoms with E-state index in [4.69, 9.17) is 4.74 Å². The van der Waals surface area contributed by atoms with Gasteiger partial charge in [-0.05, 0) is 89.2 Å². The van der Waals surface area contributed by atoms with Gasteiger partial charge < -0.3 is 14.4 Å². The number of ketones is 1. The van der Waals surface area contributed by atoms with Gasteiger partial charge >= 0.3 is 0 Å². The fourth-order valence-corrected chi connectivity index (χ4v) is 3.28. The van der Waals surface area contributed by atoms with E-state index in [9.17, 15) is 9.18 Å². The van der Waals surface area contributed by atoms with Crippen molar-refractivity contribution >= 4 is 5.78 Å². The van der Waals surface area contributed by atoms with Crippen LogP contribution in [0.1, 0.15) is 91.0 Å². The first-order chi connectivity index (χ1) is 14.7. The number of benzene rings is 1. The quantitative estimate of drug-likeness (QED) is 0.319. The van der Waals surface area contributed by atoms with Crippen molar-refractivity contribution in [1.29, 1.82) is 0 Å². The Balaban J connectivity index is 0.000000712. The molecule has 1 fully saturated rings. The van der Waals surface area contributed by atoms with Crippen molar-refractivity contribution in [3.05, 3.63) is 29.8 Å². The van der Waals surface area contributed by atoms with Gasteiger partial charge in [-0.25, -0.2) is 0 Å². The molecule has 1 aliphatic rings. The molecule has 1 aromatic carbocycles. The third-order valence-electron chi connectivity index (χ3n) is 4.99. The lowest BCUT2D eigenvalue weighted by atomic mass is 10.1. The summed E-state index contributed by atoms with van der Waals surface area (Å²) in [5, 5.41) is 0. The Bertz CT molecular complexity index is 498. The van der Waals surface area contributed by atoms with Crippen LogP contribution >= 0.6 is 0 Å². The number of halogens is 1. The molecule has 0 atom stereocenters. The molecule has 0 amide bonds. The Hall–Kier alpha value is -1.42. The Morgan fingerprint density at radius 2 is 1.67 bits per heavy atom. The molecule has 1 saturated heterocycles. The van der Waals surface area contributed by atoms with Crippen molar-refractivity contribution in [1.82, 2.24) is 4.90 Å². The number of hydrogen-bond donors (Lipinski definition) is 0. The number of alkyl halides is 1. The van der Waals surface area contributed by atoms with Crippen LogP contribution in [0.5, 0.6) is 5.75 Å². The lowest BCUT2D eigenvalue weighted by Crippen LogP contribution is -2.20. The minimum Gasteiger partial charge on any atom is -0.494 e. The third kappa shape index (κ3) is 16.4. The number of carbonyl (C=O) groups is 1. The van der Waals surface area contributed by atoms with Crippen molar-refractivity contribution in [2.45, 2.75) is 91.9 Å². The molecule has 1 aromatic rings. The lowest BCUT2D eigenvalue weighted by Gasteiger charge is -2.14. The van der Waals surface area contributed by atoms with E-state index < -0.39 is 0 Å². The molecule has 0 spiro atoms. The first-order valence-corrected chi connectivity index (χ1v) is 12.1. The Labute approximate surface area is 185 Å². The molecule has 0 aromatic heterocycles. The summed E-state index contributed by atoms with van der Waals surface area (Å²) in [4.78, 5) is 12.9. The molecule has 30 heavy (non-hydrogen) atoms. The predicted octanol–water partition coefficient (Wildman–Crippen LogP) is 7.03. The minimum atomic E-state index is -0.251. The highest BCUT2D eigenvalue weighted by Gasteiger charge is 2.10. The lowest BCUT2D eigenvalue weighted by molar-refractivity contribution is -0.117. The number of hydrogen-bond acceptors (Lipinski definition) is 3. The number of rotatable bonds is 13. The van der Waals surface area contributed by atoms with Gasteiger partial charge in [-0.1, -0.05) is 45.7 Å². The summed E-state index contributed by atoms with van der Waals surface area (Å²) >= 11 is 0. The fraction of sp³-hybridized carbons (Fsp3) is 0.731. The van der Waals surface area contributed by atoms with E-state index in [2.05, 4.69) is 24.0 Å². The summed E-state index contributed by atoms with van der Waals surface area (Å²) < 4.78 is 17.5. The number of nitrogens with zero attached hydrogens (tertiary/aromatic N) is 1. The monoisotopic (exact) mass is 423 g/mol. The van der Waals surface area contributed by atoms with Gasteiger partial charge in [0, 0.05) is 6.42 Å². The SMILES string of the molecule is CC.CCCCCC(C)=O.FCCCCOc1ccc(CCCN2CCCC2)cc1. The van der Waals surface area contributed by atoms with Crippen LogP contribution in [0.25, 0.3) is 0 Å². The van der Waals surface area contributed by atoms with Crippen molar-refractivity contribution in [2.75, 3.05) is 32.9 Å². The molecule has 1 aliphatic heterocycles. The number of likely N-dealkylation sites (tertiary alicyclic amines) is 1. The molecule has 4 heteroatoms. The van der Waals surface area contributed by atoms with Gasteiger partial charge in [0.05, 0.1) is 13.3 Å². The zero-order valence-corrected chi connectivity index (χ0v) is 20.1. The van der Waals surface area contributed by atoms with Gasteiger partial charge in [0.1, 0.15) is 11.5 Å². The predicted molar refractivity (Wildman–Crippen MR) is 127 cm³/mol. The summed E-state index contributed by atoms with van der Waals surface area (Å²) in [5.41, 5.74) is 1.38. The first-order valence-electron chi connectivity index (χ1n) is 12.1. The van der Waals surface area contributed by atoms with Crippen LogP contribution in [0, 0.1) is 0 Å². The second-order valence-electron chi connectivity index (χ2n) is 7.70. The fourth-order valence-electron chi connectivity index (χ4n) is 3.28. The zero-order chi connectivity index (χ0) is 22.5. The van der Waals surface area contributed by atoms with E-state index >= 15 is 0 Å². The minimum absolute atomic E-state index is 0.251. The van der Waals surface area contributed by atoms with Crippen molar-refractivity contribution in [2.24, 2.45) is 0 Å². The highest BCUT2D eigenvalue weighted by molar-refractivity contribution is 5.75. The molecule has 3 nitrogen and oxygen atoms in total. The Morgan fingerprint density at radius 1 is 1.00 bits per heavy atom. The third-order valence-corrected chi connectivity index (χ3v) is 4.99. The normalized spacial score (nSPS) is 13.1. The summed E-state index contributed by atoms with van der Waals surface area (Å²) in [7, 11) is 0. The van der Waals surface area contributed by atoms with E-state index in [-0.39, 0.29) is 6.67 Å². The van der Waals surface area contributed by atoms with E-state index in [1.807, 2.05) is 26.0 Å². The van der Waals surface area contributed by atoms with Crippen LogP contribution in [-0.4, -0.2) is 43.6 Å². The molecular formula is C26H46FNO2. The molecular weight excluding hydrogens is 377 g/mol. The number of Topliss-reactive ketones (excluding diaryl/α,β-unsaturated/α-hetero) is 1. The molecule has 0 radical (unpaired) electrons. The smallest absolute Gasteiger partial charge is 0.129 e. The number of unbranched alkanes of at least 4 members (excludes halogenated alkanes) is 3. The van der Waals surface area contributed by atoms with Gasteiger partial charge in [-0.2, -0.15) is 0 Å². The Morgan fingerprint density at radius 3 is 2.23 bits per heavy atom. The van der Waals surface area contributed by atoms with Crippen LogP contribution < -0.4 is 4.74 Å². The average Bonchev–Trinajstić information content (AvgIpc) is 3.28.